The van der Waals surface area contributed by atoms with Crippen LogP contribution in [0.3, 0.4) is 0 Å². The Morgan fingerprint density at radius 2 is 1.83 bits per heavy atom. The SMILES string of the molecule is CC=CC1=C(C=CC)N(C)c2cc(C)ccc2C1. The molecule has 2 rings (SSSR count). The molecule has 1 heterocycles. The highest BCUT2D eigenvalue weighted by molar-refractivity contribution is 5.66. The van der Waals surface area contributed by atoms with E-state index in [1.807, 2.05) is 0 Å². The Morgan fingerprint density at radius 3 is 2.50 bits per heavy atom. The number of aryl methyl sites for hydroxylation is 1. The summed E-state index contributed by atoms with van der Waals surface area (Å²) in [4.78, 5) is 2.29. The molecule has 0 aromatic heterocycles. The van der Waals surface area contributed by atoms with Gasteiger partial charge < -0.3 is 4.90 Å². The highest BCUT2D eigenvalue weighted by Gasteiger charge is 2.19. The van der Waals surface area contributed by atoms with Crippen LogP contribution in [0.1, 0.15) is 25.0 Å². The summed E-state index contributed by atoms with van der Waals surface area (Å²) < 4.78 is 0. The van der Waals surface area contributed by atoms with Gasteiger partial charge in [-0.2, -0.15) is 0 Å². The van der Waals surface area contributed by atoms with E-state index >= 15 is 0 Å². The predicted molar refractivity (Wildman–Crippen MR) is 79.9 cm³/mol. The minimum absolute atomic E-state index is 1.02. The normalized spacial score (nSPS) is 15.9. The number of fused-ring (bicyclic) bond motifs is 1. The van der Waals surface area contributed by atoms with E-state index < -0.39 is 0 Å². The summed E-state index contributed by atoms with van der Waals surface area (Å²) in [6.07, 6.45) is 9.65. The molecule has 1 aromatic rings. The molecule has 0 spiro atoms. The molecule has 0 saturated heterocycles. The molecule has 0 radical (unpaired) electrons. The number of likely N-dealkylation sites (N-methyl/N-ethyl adjacent to an activating group) is 1. The van der Waals surface area contributed by atoms with Gasteiger partial charge in [-0.3, -0.25) is 0 Å². The van der Waals surface area contributed by atoms with E-state index in [4.69, 9.17) is 0 Å². The summed E-state index contributed by atoms with van der Waals surface area (Å²) in [6, 6.07) is 6.71. The van der Waals surface area contributed by atoms with Crippen molar-refractivity contribution in [2.75, 3.05) is 11.9 Å². The van der Waals surface area contributed by atoms with E-state index in [1.165, 1.54) is 28.1 Å². The van der Waals surface area contributed by atoms with Gasteiger partial charge in [0.05, 0.1) is 0 Å². The lowest BCUT2D eigenvalue weighted by Crippen LogP contribution is -2.23. The van der Waals surface area contributed by atoms with Crippen molar-refractivity contribution >= 4 is 5.69 Å². The van der Waals surface area contributed by atoms with Crippen LogP contribution in [0, 0.1) is 6.92 Å². The van der Waals surface area contributed by atoms with Gasteiger partial charge in [-0.05, 0) is 49.6 Å². The van der Waals surface area contributed by atoms with Crippen molar-refractivity contribution in [1.29, 1.82) is 0 Å². The second-order valence-corrected chi connectivity index (χ2v) is 4.78. The minimum Gasteiger partial charge on any atom is -0.344 e. The van der Waals surface area contributed by atoms with E-state index in [9.17, 15) is 0 Å². The van der Waals surface area contributed by atoms with E-state index in [0.29, 0.717) is 0 Å². The van der Waals surface area contributed by atoms with Crippen LogP contribution in [-0.4, -0.2) is 7.05 Å². The maximum Gasteiger partial charge on any atom is 0.0446 e. The molecule has 18 heavy (non-hydrogen) atoms. The summed E-state index contributed by atoms with van der Waals surface area (Å²) in [5.41, 5.74) is 6.74. The Bertz CT molecular complexity index is 533. The Hall–Kier alpha value is -1.76. The zero-order valence-electron chi connectivity index (χ0n) is 11.7. The van der Waals surface area contributed by atoms with Crippen molar-refractivity contribution in [3.05, 3.63) is 64.9 Å². The van der Waals surface area contributed by atoms with Gasteiger partial charge >= 0.3 is 0 Å². The first-order valence-electron chi connectivity index (χ1n) is 6.49. The second-order valence-electron chi connectivity index (χ2n) is 4.78. The topological polar surface area (TPSA) is 3.24 Å². The third-order valence-corrected chi connectivity index (χ3v) is 3.37. The Kier molecular flexibility index (Phi) is 3.71. The van der Waals surface area contributed by atoms with Gasteiger partial charge in [-0.15, -0.1) is 0 Å². The third kappa shape index (κ3) is 2.26. The van der Waals surface area contributed by atoms with Crippen molar-refractivity contribution in [1.82, 2.24) is 0 Å². The molecule has 0 atom stereocenters. The summed E-state index contributed by atoms with van der Waals surface area (Å²) in [5.74, 6) is 0. The maximum absolute atomic E-state index is 2.29. The fourth-order valence-electron chi connectivity index (χ4n) is 2.50. The number of rotatable bonds is 2. The molecular formula is C17H21N. The number of nitrogens with zero attached hydrogens (tertiary/aromatic N) is 1. The quantitative estimate of drug-likeness (QED) is 0.739. The molecular weight excluding hydrogens is 218 g/mol. The van der Waals surface area contributed by atoms with Gasteiger partial charge in [0.2, 0.25) is 0 Å². The van der Waals surface area contributed by atoms with E-state index in [-0.39, 0.29) is 0 Å². The average Bonchev–Trinajstić information content (AvgIpc) is 2.35. The summed E-state index contributed by atoms with van der Waals surface area (Å²) in [6.45, 7) is 6.29. The second kappa shape index (κ2) is 5.26. The van der Waals surface area contributed by atoms with Gasteiger partial charge in [0.25, 0.3) is 0 Å². The molecule has 94 valence electrons. The van der Waals surface area contributed by atoms with Crippen LogP contribution >= 0.6 is 0 Å². The highest BCUT2D eigenvalue weighted by atomic mass is 15.1. The first kappa shape index (κ1) is 12.7. The van der Waals surface area contributed by atoms with Crippen LogP contribution in [-0.2, 0) is 6.42 Å². The first-order valence-corrected chi connectivity index (χ1v) is 6.49. The zero-order chi connectivity index (χ0) is 13.1. The number of benzene rings is 1. The summed E-state index contributed by atoms with van der Waals surface area (Å²) in [5, 5.41) is 0. The van der Waals surface area contributed by atoms with Crippen molar-refractivity contribution in [2.24, 2.45) is 0 Å². The molecule has 1 aliphatic heterocycles. The van der Waals surface area contributed by atoms with Crippen molar-refractivity contribution < 1.29 is 0 Å². The lowest BCUT2D eigenvalue weighted by Gasteiger charge is -2.31. The standard InChI is InChI=1S/C17H21N/c1-5-7-14-12-15-10-9-13(3)11-17(15)18(4)16(14)8-6-2/h5-11H,12H2,1-4H3. The highest BCUT2D eigenvalue weighted by Crippen LogP contribution is 2.33. The smallest absolute Gasteiger partial charge is 0.0446 e. The van der Waals surface area contributed by atoms with Crippen LogP contribution < -0.4 is 4.90 Å². The predicted octanol–water partition coefficient (Wildman–Crippen LogP) is 4.39. The Labute approximate surface area is 110 Å². The van der Waals surface area contributed by atoms with Crippen LogP contribution in [0.2, 0.25) is 0 Å². The third-order valence-electron chi connectivity index (χ3n) is 3.37. The molecule has 0 bridgehead atoms. The van der Waals surface area contributed by atoms with E-state index in [2.05, 4.69) is 75.2 Å². The van der Waals surface area contributed by atoms with Gasteiger partial charge in [0, 0.05) is 24.9 Å². The monoisotopic (exact) mass is 239 g/mol. The van der Waals surface area contributed by atoms with Gasteiger partial charge in [-0.25, -0.2) is 0 Å². The van der Waals surface area contributed by atoms with Crippen LogP contribution in [0.25, 0.3) is 0 Å². The molecule has 1 nitrogen and oxygen atoms in total. The molecule has 0 fully saturated rings. The summed E-state index contributed by atoms with van der Waals surface area (Å²) >= 11 is 0. The molecule has 0 unspecified atom stereocenters. The molecule has 1 aliphatic rings. The first-order chi connectivity index (χ1) is 8.67. The maximum atomic E-state index is 2.29. The van der Waals surface area contributed by atoms with E-state index in [0.717, 1.165) is 6.42 Å². The number of hydrogen-bond acceptors (Lipinski definition) is 1. The van der Waals surface area contributed by atoms with Crippen LogP contribution in [0.4, 0.5) is 5.69 Å². The van der Waals surface area contributed by atoms with Crippen molar-refractivity contribution in [3.63, 3.8) is 0 Å². The average molecular weight is 239 g/mol. The fraction of sp³-hybridized carbons (Fsp3) is 0.294. The zero-order valence-corrected chi connectivity index (χ0v) is 11.7. The van der Waals surface area contributed by atoms with Crippen LogP contribution in [0.15, 0.2) is 53.8 Å². The van der Waals surface area contributed by atoms with Gasteiger partial charge in [0.1, 0.15) is 0 Å². The molecule has 0 saturated carbocycles. The van der Waals surface area contributed by atoms with Crippen molar-refractivity contribution in [3.8, 4) is 0 Å². The van der Waals surface area contributed by atoms with Crippen LogP contribution in [0.5, 0.6) is 0 Å². The minimum atomic E-state index is 1.02. The largest absolute Gasteiger partial charge is 0.344 e. The summed E-state index contributed by atoms with van der Waals surface area (Å²) in [7, 11) is 2.15. The Morgan fingerprint density at radius 1 is 1.11 bits per heavy atom. The number of allylic oxidation sites excluding steroid dienone is 5. The molecule has 0 aliphatic carbocycles. The van der Waals surface area contributed by atoms with Gasteiger partial charge in [0.15, 0.2) is 0 Å². The fourth-order valence-corrected chi connectivity index (χ4v) is 2.50. The molecule has 0 N–H and O–H groups in total. The van der Waals surface area contributed by atoms with Crippen molar-refractivity contribution in [2.45, 2.75) is 27.2 Å². The van der Waals surface area contributed by atoms with Gasteiger partial charge in [-0.1, -0.05) is 30.4 Å². The molecule has 1 aromatic carbocycles. The lowest BCUT2D eigenvalue weighted by atomic mass is 9.94. The number of anilines is 1. The lowest BCUT2D eigenvalue weighted by molar-refractivity contribution is 0.999. The molecule has 0 amide bonds. The number of hydrogen-bond donors (Lipinski definition) is 0. The Balaban J connectivity index is 2.54. The molecule has 1 heteroatoms. The van der Waals surface area contributed by atoms with E-state index in [1.54, 1.807) is 0 Å².